The zero-order valence-electron chi connectivity index (χ0n) is 12.5. The third kappa shape index (κ3) is 4.65. The summed E-state index contributed by atoms with van der Waals surface area (Å²) < 4.78 is 26.3. The highest BCUT2D eigenvalue weighted by atomic mass is 35.5. The van der Waals surface area contributed by atoms with Crippen molar-refractivity contribution in [2.24, 2.45) is 0 Å². The fourth-order valence-electron chi connectivity index (χ4n) is 2.81. The van der Waals surface area contributed by atoms with E-state index in [2.05, 4.69) is 15.2 Å². The van der Waals surface area contributed by atoms with Crippen molar-refractivity contribution in [3.8, 4) is 0 Å². The second kappa shape index (κ2) is 8.08. The van der Waals surface area contributed by atoms with Gasteiger partial charge < -0.3 is 9.80 Å². The lowest BCUT2D eigenvalue weighted by Gasteiger charge is -2.36. The molecule has 0 aromatic carbocycles. The molecule has 1 atom stereocenters. The summed E-state index contributed by atoms with van der Waals surface area (Å²) in [6, 6.07) is 4.96. The lowest BCUT2D eigenvalue weighted by atomic mass is 10.1. The van der Waals surface area contributed by atoms with Crippen molar-refractivity contribution in [2.75, 3.05) is 37.6 Å². The zero-order valence-corrected chi connectivity index (χ0v) is 14.1. The molecule has 2 aliphatic heterocycles. The lowest BCUT2D eigenvalue weighted by molar-refractivity contribution is -0.134. The van der Waals surface area contributed by atoms with E-state index in [1.165, 1.54) is 0 Å². The maximum atomic E-state index is 13.2. The number of anilines is 1. The van der Waals surface area contributed by atoms with Crippen molar-refractivity contribution in [1.29, 1.82) is 0 Å². The first-order valence-electron chi connectivity index (χ1n) is 7.11. The van der Waals surface area contributed by atoms with Gasteiger partial charge in [0.2, 0.25) is 5.91 Å². The van der Waals surface area contributed by atoms with Gasteiger partial charge in [0.15, 0.2) is 0 Å². The van der Waals surface area contributed by atoms with Gasteiger partial charge in [0.1, 0.15) is 5.82 Å². The largest absolute Gasteiger partial charge is 0.353 e. The average molecular weight is 369 g/mol. The van der Waals surface area contributed by atoms with Gasteiger partial charge in [0, 0.05) is 38.8 Å². The summed E-state index contributed by atoms with van der Waals surface area (Å²) >= 11 is 0. The Morgan fingerprint density at radius 2 is 1.91 bits per heavy atom. The zero-order chi connectivity index (χ0) is 14.9. The Labute approximate surface area is 146 Å². The molecule has 2 saturated heterocycles. The molecule has 0 saturated carbocycles. The standard InChI is InChI=1S/C14H18F2N4O.2ClH/c15-14(16)9-11(18-10-14)13(21)20-7-5-19(6-8-20)12-3-1-2-4-17-12;;/h1-4,11,18H,5-10H2;2*1H. The molecule has 9 heteroatoms. The van der Waals surface area contributed by atoms with E-state index in [-0.39, 0.29) is 30.7 Å². The Morgan fingerprint density at radius 3 is 2.43 bits per heavy atom. The number of carbonyl (C=O) groups excluding carboxylic acids is 1. The first-order valence-corrected chi connectivity index (χ1v) is 7.11. The predicted molar refractivity (Wildman–Crippen MR) is 88.9 cm³/mol. The third-order valence-corrected chi connectivity index (χ3v) is 3.97. The number of piperazine rings is 1. The Kier molecular flexibility index (Phi) is 6.98. The maximum Gasteiger partial charge on any atom is 0.262 e. The van der Waals surface area contributed by atoms with E-state index in [1.807, 2.05) is 18.2 Å². The third-order valence-electron chi connectivity index (χ3n) is 3.97. The highest BCUT2D eigenvalue weighted by molar-refractivity contribution is 5.85. The second-order valence-electron chi connectivity index (χ2n) is 5.49. The second-order valence-corrected chi connectivity index (χ2v) is 5.49. The van der Waals surface area contributed by atoms with Crippen LogP contribution in [-0.2, 0) is 4.79 Å². The lowest BCUT2D eigenvalue weighted by Crippen LogP contribution is -2.53. The highest BCUT2D eigenvalue weighted by Crippen LogP contribution is 2.26. The van der Waals surface area contributed by atoms with Crippen LogP contribution in [0.4, 0.5) is 14.6 Å². The Bertz CT molecular complexity index is 513. The van der Waals surface area contributed by atoms with Crippen LogP contribution in [0.15, 0.2) is 24.4 Å². The molecule has 2 aliphatic rings. The van der Waals surface area contributed by atoms with Crippen molar-refractivity contribution in [3.63, 3.8) is 0 Å². The molecule has 1 aromatic heterocycles. The van der Waals surface area contributed by atoms with Crippen LogP contribution >= 0.6 is 24.8 Å². The van der Waals surface area contributed by atoms with E-state index < -0.39 is 24.9 Å². The summed E-state index contributed by atoms with van der Waals surface area (Å²) in [7, 11) is 0. The molecular formula is C14H20Cl2F2N4O. The normalized spacial score (nSPS) is 23.0. The van der Waals surface area contributed by atoms with Crippen molar-refractivity contribution in [2.45, 2.75) is 18.4 Å². The summed E-state index contributed by atoms with van der Waals surface area (Å²) in [4.78, 5) is 20.3. The topological polar surface area (TPSA) is 48.5 Å². The molecule has 0 bridgehead atoms. The molecule has 1 amide bonds. The van der Waals surface area contributed by atoms with Gasteiger partial charge in [-0.05, 0) is 12.1 Å². The van der Waals surface area contributed by atoms with Crippen molar-refractivity contribution in [3.05, 3.63) is 24.4 Å². The Morgan fingerprint density at radius 1 is 1.22 bits per heavy atom. The number of carbonyl (C=O) groups is 1. The van der Waals surface area contributed by atoms with Gasteiger partial charge >= 0.3 is 0 Å². The van der Waals surface area contributed by atoms with Crippen LogP contribution in [0.5, 0.6) is 0 Å². The minimum absolute atomic E-state index is 0. The monoisotopic (exact) mass is 368 g/mol. The van der Waals surface area contributed by atoms with Crippen molar-refractivity contribution >= 4 is 36.5 Å². The minimum Gasteiger partial charge on any atom is -0.353 e. The van der Waals surface area contributed by atoms with E-state index >= 15 is 0 Å². The van der Waals surface area contributed by atoms with Crippen LogP contribution in [0, 0.1) is 0 Å². The van der Waals surface area contributed by atoms with E-state index in [1.54, 1.807) is 11.1 Å². The molecule has 5 nitrogen and oxygen atoms in total. The Balaban J connectivity index is 0.00000132. The fraction of sp³-hybridized carbons (Fsp3) is 0.571. The highest BCUT2D eigenvalue weighted by Gasteiger charge is 2.43. The number of nitrogens with one attached hydrogen (secondary N) is 1. The molecule has 0 spiro atoms. The van der Waals surface area contributed by atoms with Gasteiger partial charge in [-0.1, -0.05) is 6.07 Å². The van der Waals surface area contributed by atoms with Crippen molar-refractivity contribution < 1.29 is 13.6 Å². The van der Waals surface area contributed by atoms with Crippen LogP contribution in [0.3, 0.4) is 0 Å². The van der Waals surface area contributed by atoms with Crippen LogP contribution in [0.25, 0.3) is 0 Å². The van der Waals surface area contributed by atoms with Gasteiger partial charge in [-0.15, -0.1) is 24.8 Å². The van der Waals surface area contributed by atoms with Crippen molar-refractivity contribution in [1.82, 2.24) is 15.2 Å². The molecule has 0 radical (unpaired) electrons. The number of nitrogens with zero attached hydrogens (tertiary/aromatic N) is 3. The number of pyridine rings is 1. The SMILES string of the molecule is Cl.Cl.O=C(C1CC(F)(F)CN1)N1CCN(c2ccccn2)CC1. The van der Waals surface area contributed by atoms with E-state index in [9.17, 15) is 13.6 Å². The fourth-order valence-corrected chi connectivity index (χ4v) is 2.81. The number of hydrogen-bond acceptors (Lipinski definition) is 4. The Hall–Kier alpha value is -1.18. The van der Waals surface area contributed by atoms with Gasteiger partial charge in [0.05, 0.1) is 12.6 Å². The van der Waals surface area contributed by atoms with E-state index in [4.69, 9.17) is 0 Å². The van der Waals surface area contributed by atoms with Crippen LogP contribution in [-0.4, -0.2) is 60.5 Å². The van der Waals surface area contributed by atoms with Crippen LogP contribution < -0.4 is 10.2 Å². The van der Waals surface area contributed by atoms with Gasteiger partial charge in [-0.3, -0.25) is 10.1 Å². The van der Waals surface area contributed by atoms with Crippen LogP contribution in [0.1, 0.15) is 6.42 Å². The number of hydrogen-bond donors (Lipinski definition) is 1. The predicted octanol–water partition coefficient (Wildman–Crippen LogP) is 1.57. The summed E-state index contributed by atoms with van der Waals surface area (Å²) in [5.74, 6) is -2.10. The summed E-state index contributed by atoms with van der Waals surface area (Å²) in [6.07, 6.45) is 1.34. The molecule has 130 valence electrons. The average Bonchev–Trinajstić information content (AvgIpc) is 2.88. The molecule has 1 aromatic rings. The first kappa shape index (κ1) is 19.9. The summed E-state index contributed by atoms with van der Waals surface area (Å²) in [6.45, 7) is 2.02. The number of alkyl halides is 2. The van der Waals surface area contributed by atoms with Gasteiger partial charge in [0.25, 0.3) is 5.92 Å². The molecule has 3 rings (SSSR count). The van der Waals surface area contributed by atoms with Crippen LogP contribution in [0.2, 0.25) is 0 Å². The summed E-state index contributed by atoms with van der Waals surface area (Å²) in [5.41, 5.74) is 0. The van der Waals surface area contributed by atoms with Gasteiger partial charge in [-0.2, -0.15) is 0 Å². The molecule has 1 unspecified atom stereocenters. The molecule has 0 aliphatic carbocycles. The quantitative estimate of drug-likeness (QED) is 0.860. The minimum atomic E-state index is -2.77. The number of rotatable bonds is 2. The number of amides is 1. The summed E-state index contributed by atoms with van der Waals surface area (Å²) in [5, 5.41) is 2.62. The molecule has 3 heterocycles. The molecular weight excluding hydrogens is 349 g/mol. The maximum absolute atomic E-state index is 13.2. The molecule has 1 N–H and O–H groups in total. The number of halogens is 4. The van der Waals surface area contributed by atoms with E-state index in [0.717, 1.165) is 5.82 Å². The van der Waals surface area contributed by atoms with E-state index in [0.29, 0.717) is 26.2 Å². The first-order chi connectivity index (χ1) is 10.1. The molecule has 2 fully saturated rings. The van der Waals surface area contributed by atoms with Gasteiger partial charge in [-0.25, -0.2) is 13.8 Å². The molecule has 23 heavy (non-hydrogen) atoms. The number of aromatic nitrogens is 1. The smallest absolute Gasteiger partial charge is 0.262 e.